The van der Waals surface area contributed by atoms with Crippen LogP contribution < -0.4 is 0 Å². The molecule has 1 nitrogen and oxygen atoms in total. The van der Waals surface area contributed by atoms with Gasteiger partial charge >= 0.3 is 0 Å². The van der Waals surface area contributed by atoms with Crippen molar-refractivity contribution in [3.8, 4) is 0 Å². The van der Waals surface area contributed by atoms with E-state index in [-0.39, 0.29) is 0 Å². The molecule has 0 bridgehead atoms. The molecule has 0 spiro atoms. The Hall–Kier alpha value is -0.0400. The van der Waals surface area contributed by atoms with Gasteiger partial charge in [-0.15, -0.1) is 0 Å². The van der Waals surface area contributed by atoms with Crippen molar-refractivity contribution in [1.82, 2.24) is 4.90 Å². The summed E-state index contributed by atoms with van der Waals surface area (Å²) in [5.41, 5.74) is 0. The van der Waals surface area contributed by atoms with Gasteiger partial charge in [-0.1, -0.05) is 20.3 Å². The highest BCUT2D eigenvalue weighted by Crippen LogP contribution is 2.19. The maximum absolute atomic E-state index is 2.58. The van der Waals surface area contributed by atoms with Gasteiger partial charge in [0.25, 0.3) is 0 Å². The van der Waals surface area contributed by atoms with Crippen molar-refractivity contribution in [1.29, 1.82) is 0 Å². The van der Waals surface area contributed by atoms with Gasteiger partial charge < -0.3 is 4.90 Å². The van der Waals surface area contributed by atoms with Crippen LogP contribution in [0.4, 0.5) is 0 Å². The summed E-state index contributed by atoms with van der Waals surface area (Å²) in [6.45, 7) is 8.52. The lowest BCUT2D eigenvalue weighted by Crippen LogP contribution is -2.24. The van der Waals surface area contributed by atoms with E-state index in [1.54, 1.807) is 0 Å². The highest BCUT2D eigenvalue weighted by Gasteiger charge is 2.13. The Morgan fingerprint density at radius 3 is 2.64 bits per heavy atom. The highest BCUT2D eigenvalue weighted by atomic mass is 15.1. The Morgan fingerprint density at radius 1 is 1.18 bits per heavy atom. The summed E-state index contributed by atoms with van der Waals surface area (Å²) in [5, 5.41) is 0. The summed E-state index contributed by atoms with van der Waals surface area (Å²) in [6, 6.07) is 0. The fourth-order valence-corrected chi connectivity index (χ4v) is 1.95. The van der Waals surface area contributed by atoms with Crippen molar-refractivity contribution >= 4 is 0 Å². The van der Waals surface area contributed by atoms with E-state index in [1.165, 1.54) is 45.3 Å². The molecule has 1 unspecified atom stereocenters. The summed E-state index contributed by atoms with van der Waals surface area (Å²) in [5.74, 6) is 1.02. The second kappa shape index (κ2) is 4.76. The Bertz CT molecular complexity index is 89.0. The lowest BCUT2D eigenvalue weighted by molar-refractivity contribution is 0.295. The lowest BCUT2D eigenvalue weighted by Gasteiger charge is -2.16. The first-order chi connectivity index (χ1) is 5.36. The zero-order valence-corrected chi connectivity index (χ0v) is 7.97. The molecule has 1 aliphatic heterocycles. The fraction of sp³-hybridized carbons (Fsp3) is 1.00. The molecule has 0 aromatic rings. The molecular formula is C10H21N. The van der Waals surface area contributed by atoms with Gasteiger partial charge in [-0.05, 0) is 44.8 Å². The number of hydrogen-bond acceptors (Lipinski definition) is 1. The summed E-state index contributed by atoms with van der Waals surface area (Å²) in [7, 11) is 0. The van der Waals surface area contributed by atoms with Gasteiger partial charge in [0.05, 0.1) is 0 Å². The van der Waals surface area contributed by atoms with Gasteiger partial charge in [0.2, 0.25) is 0 Å². The quantitative estimate of drug-likeness (QED) is 0.592. The smallest absolute Gasteiger partial charge is 0.00162 e. The van der Waals surface area contributed by atoms with Crippen LogP contribution in [0.3, 0.4) is 0 Å². The van der Waals surface area contributed by atoms with Crippen LogP contribution in [0.25, 0.3) is 0 Å². The normalized spacial score (nSPS) is 28.4. The third-order valence-electron chi connectivity index (χ3n) is 2.96. The van der Waals surface area contributed by atoms with E-state index < -0.39 is 0 Å². The molecule has 1 atom stereocenters. The minimum absolute atomic E-state index is 1.02. The van der Waals surface area contributed by atoms with Crippen molar-refractivity contribution in [2.75, 3.05) is 19.6 Å². The van der Waals surface area contributed by atoms with Crippen molar-refractivity contribution < 1.29 is 0 Å². The zero-order valence-electron chi connectivity index (χ0n) is 7.97. The predicted molar refractivity (Wildman–Crippen MR) is 49.7 cm³/mol. The molecule has 0 aliphatic carbocycles. The van der Waals surface area contributed by atoms with E-state index in [4.69, 9.17) is 0 Å². The maximum Gasteiger partial charge on any atom is -0.00162 e. The van der Waals surface area contributed by atoms with Gasteiger partial charge in [0.1, 0.15) is 0 Å². The summed E-state index contributed by atoms with van der Waals surface area (Å²) < 4.78 is 0. The average molecular weight is 155 g/mol. The molecule has 0 saturated carbocycles. The van der Waals surface area contributed by atoms with E-state index in [9.17, 15) is 0 Å². The fourth-order valence-electron chi connectivity index (χ4n) is 1.95. The van der Waals surface area contributed by atoms with Gasteiger partial charge in [0, 0.05) is 0 Å². The minimum atomic E-state index is 1.02. The summed E-state index contributed by atoms with van der Waals surface area (Å²) in [4.78, 5) is 2.58. The predicted octanol–water partition coefficient (Wildman–Crippen LogP) is 2.52. The molecule has 1 rings (SSSR count). The summed E-state index contributed by atoms with van der Waals surface area (Å²) >= 11 is 0. The molecule has 0 N–H and O–H groups in total. The van der Waals surface area contributed by atoms with Crippen LogP contribution in [0.15, 0.2) is 0 Å². The number of likely N-dealkylation sites (tertiary alicyclic amines) is 1. The van der Waals surface area contributed by atoms with Gasteiger partial charge in [-0.2, -0.15) is 0 Å². The van der Waals surface area contributed by atoms with Crippen LogP contribution in [0.2, 0.25) is 0 Å². The van der Waals surface area contributed by atoms with E-state index in [2.05, 4.69) is 18.7 Å². The molecule has 1 heteroatoms. The van der Waals surface area contributed by atoms with E-state index in [0.717, 1.165) is 5.92 Å². The average Bonchev–Trinajstić information content (AvgIpc) is 2.28. The monoisotopic (exact) mass is 155 g/mol. The molecule has 0 aromatic carbocycles. The molecule has 0 amide bonds. The van der Waals surface area contributed by atoms with Crippen LogP contribution in [0, 0.1) is 5.92 Å². The molecule has 0 aromatic heterocycles. The third-order valence-corrected chi connectivity index (χ3v) is 2.96. The van der Waals surface area contributed by atoms with Gasteiger partial charge in [0.15, 0.2) is 0 Å². The Kier molecular flexibility index (Phi) is 3.92. The summed E-state index contributed by atoms with van der Waals surface area (Å²) in [6.07, 6.45) is 5.71. The van der Waals surface area contributed by atoms with E-state index >= 15 is 0 Å². The molecule has 11 heavy (non-hydrogen) atoms. The van der Waals surface area contributed by atoms with Gasteiger partial charge in [-0.25, -0.2) is 0 Å². The van der Waals surface area contributed by atoms with Crippen LogP contribution >= 0.6 is 0 Å². The standard InChI is InChI=1S/C10H21N/c1-3-10-6-5-8-11(4-2)9-7-10/h10H,3-9H2,1-2H3. The van der Waals surface area contributed by atoms with Crippen LogP contribution in [0.5, 0.6) is 0 Å². The first-order valence-electron chi connectivity index (χ1n) is 5.09. The van der Waals surface area contributed by atoms with Crippen molar-refractivity contribution in [3.05, 3.63) is 0 Å². The molecular weight excluding hydrogens is 134 g/mol. The topological polar surface area (TPSA) is 3.24 Å². The number of rotatable bonds is 2. The lowest BCUT2D eigenvalue weighted by atomic mass is 9.98. The minimum Gasteiger partial charge on any atom is -0.304 e. The molecule has 1 aliphatic rings. The number of nitrogens with zero attached hydrogens (tertiary/aromatic N) is 1. The molecule has 1 fully saturated rings. The van der Waals surface area contributed by atoms with E-state index in [0.29, 0.717) is 0 Å². The van der Waals surface area contributed by atoms with Gasteiger partial charge in [-0.3, -0.25) is 0 Å². The second-order valence-corrected chi connectivity index (χ2v) is 3.64. The van der Waals surface area contributed by atoms with Crippen molar-refractivity contribution in [2.24, 2.45) is 5.92 Å². The number of hydrogen-bond donors (Lipinski definition) is 0. The molecule has 0 radical (unpaired) electrons. The van der Waals surface area contributed by atoms with Crippen molar-refractivity contribution in [2.45, 2.75) is 39.5 Å². The van der Waals surface area contributed by atoms with Crippen LogP contribution in [-0.2, 0) is 0 Å². The zero-order chi connectivity index (χ0) is 8.10. The SMILES string of the molecule is CCC1CCCN(CC)CC1. The molecule has 1 heterocycles. The third kappa shape index (κ3) is 2.82. The first kappa shape index (κ1) is 9.05. The Balaban J connectivity index is 2.27. The largest absolute Gasteiger partial charge is 0.304 e. The van der Waals surface area contributed by atoms with Crippen molar-refractivity contribution in [3.63, 3.8) is 0 Å². The first-order valence-corrected chi connectivity index (χ1v) is 5.09. The van der Waals surface area contributed by atoms with Crippen LogP contribution in [-0.4, -0.2) is 24.5 Å². The molecule has 1 saturated heterocycles. The maximum atomic E-state index is 2.58. The second-order valence-electron chi connectivity index (χ2n) is 3.64. The Labute approximate surface area is 70.8 Å². The Morgan fingerprint density at radius 2 is 2.00 bits per heavy atom. The van der Waals surface area contributed by atoms with E-state index in [1.807, 2.05) is 0 Å². The van der Waals surface area contributed by atoms with Crippen LogP contribution in [0.1, 0.15) is 39.5 Å². The molecule has 66 valence electrons. The highest BCUT2D eigenvalue weighted by molar-refractivity contribution is 4.67.